The molecule has 0 unspecified atom stereocenters. The Morgan fingerprint density at radius 1 is 1.07 bits per heavy atom. The molecule has 0 saturated carbocycles. The number of hydrogen-bond acceptors (Lipinski definition) is 4. The van der Waals surface area contributed by atoms with Crippen LogP contribution in [-0.4, -0.2) is 38.8 Å². The summed E-state index contributed by atoms with van der Waals surface area (Å²) in [7, 11) is -1.98. The lowest BCUT2D eigenvalue weighted by molar-refractivity contribution is -0.116. The molecule has 7 heteroatoms. The molecule has 0 aromatic heterocycles. The maximum Gasteiger partial charge on any atom is 0.243 e. The molecule has 2 aromatic rings. The smallest absolute Gasteiger partial charge is 0.243 e. The fourth-order valence-electron chi connectivity index (χ4n) is 3.70. The third-order valence-corrected chi connectivity index (χ3v) is 7.39. The first-order valence-electron chi connectivity index (χ1n) is 10.4. The van der Waals surface area contributed by atoms with Gasteiger partial charge in [-0.05, 0) is 74.1 Å². The molecule has 0 spiro atoms. The van der Waals surface area contributed by atoms with Crippen LogP contribution in [0.25, 0.3) is 0 Å². The molecule has 1 N–H and O–H groups in total. The van der Waals surface area contributed by atoms with Gasteiger partial charge in [0.25, 0.3) is 0 Å². The Hall–Kier alpha value is -2.38. The van der Waals surface area contributed by atoms with Gasteiger partial charge in [-0.15, -0.1) is 0 Å². The SMILES string of the molecule is COc1ccc(S(=O)(=O)N2CCCCC2)cc1CCC(=O)Nc1cc(C)ccc1C. The van der Waals surface area contributed by atoms with Crippen molar-refractivity contribution in [1.82, 2.24) is 4.31 Å². The van der Waals surface area contributed by atoms with E-state index in [0.29, 0.717) is 30.8 Å². The van der Waals surface area contributed by atoms with Crippen molar-refractivity contribution in [1.29, 1.82) is 0 Å². The van der Waals surface area contributed by atoms with Crippen molar-refractivity contribution in [3.63, 3.8) is 0 Å². The maximum absolute atomic E-state index is 13.0. The number of aryl methyl sites for hydroxylation is 3. The number of methoxy groups -OCH3 is 1. The number of nitrogens with zero attached hydrogens (tertiary/aromatic N) is 1. The zero-order chi connectivity index (χ0) is 21.7. The summed E-state index contributed by atoms with van der Waals surface area (Å²) in [5, 5.41) is 2.95. The lowest BCUT2D eigenvalue weighted by Gasteiger charge is -2.26. The molecule has 1 fully saturated rings. The standard InChI is InChI=1S/C23H30N2O4S/c1-17-7-8-18(2)21(15-17)24-23(26)12-9-19-16-20(10-11-22(19)29-3)30(27,28)25-13-5-4-6-14-25/h7-8,10-11,15-16H,4-6,9,12-14H2,1-3H3,(H,24,26). The molecule has 2 aromatic carbocycles. The van der Waals surface area contributed by atoms with Gasteiger partial charge in [-0.2, -0.15) is 4.31 Å². The molecule has 162 valence electrons. The Balaban J connectivity index is 1.74. The van der Waals surface area contributed by atoms with Crippen molar-refractivity contribution in [2.24, 2.45) is 0 Å². The van der Waals surface area contributed by atoms with Gasteiger partial charge < -0.3 is 10.1 Å². The van der Waals surface area contributed by atoms with E-state index in [1.807, 2.05) is 32.0 Å². The second-order valence-corrected chi connectivity index (χ2v) is 9.74. The summed E-state index contributed by atoms with van der Waals surface area (Å²) in [6.07, 6.45) is 3.47. The van der Waals surface area contributed by atoms with Crippen LogP contribution in [0.5, 0.6) is 5.75 Å². The summed E-state index contributed by atoms with van der Waals surface area (Å²) < 4.78 is 32.9. The van der Waals surface area contributed by atoms with E-state index in [9.17, 15) is 13.2 Å². The van der Waals surface area contributed by atoms with E-state index in [2.05, 4.69) is 5.32 Å². The molecule has 6 nitrogen and oxygen atoms in total. The third kappa shape index (κ3) is 5.21. The van der Waals surface area contributed by atoms with Gasteiger partial charge >= 0.3 is 0 Å². The number of sulfonamides is 1. The number of hydrogen-bond donors (Lipinski definition) is 1. The Kier molecular flexibility index (Phi) is 7.15. The van der Waals surface area contributed by atoms with Crippen molar-refractivity contribution < 1.29 is 17.9 Å². The quantitative estimate of drug-likeness (QED) is 0.719. The zero-order valence-corrected chi connectivity index (χ0v) is 18.7. The van der Waals surface area contributed by atoms with Crippen LogP contribution < -0.4 is 10.1 Å². The molecule has 1 amide bonds. The Morgan fingerprint density at radius 2 is 1.80 bits per heavy atom. The van der Waals surface area contributed by atoms with E-state index in [0.717, 1.165) is 36.1 Å². The summed E-state index contributed by atoms with van der Waals surface area (Å²) in [4.78, 5) is 12.8. The topological polar surface area (TPSA) is 75.7 Å². The largest absolute Gasteiger partial charge is 0.496 e. The number of ether oxygens (including phenoxy) is 1. The molecule has 1 aliphatic rings. The van der Waals surface area contributed by atoms with E-state index in [-0.39, 0.29) is 17.2 Å². The van der Waals surface area contributed by atoms with Crippen LogP contribution in [0.4, 0.5) is 5.69 Å². The number of amides is 1. The monoisotopic (exact) mass is 430 g/mol. The minimum atomic E-state index is -3.53. The van der Waals surface area contributed by atoms with Crippen molar-refractivity contribution in [3.05, 3.63) is 53.1 Å². The lowest BCUT2D eigenvalue weighted by Crippen LogP contribution is -2.35. The van der Waals surface area contributed by atoms with Crippen molar-refractivity contribution in [2.75, 3.05) is 25.5 Å². The Bertz CT molecular complexity index is 1010. The maximum atomic E-state index is 13.0. The predicted molar refractivity (Wildman–Crippen MR) is 118 cm³/mol. The number of nitrogens with one attached hydrogen (secondary N) is 1. The van der Waals surface area contributed by atoms with Gasteiger partial charge in [0.15, 0.2) is 0 Å². The third-order valence-electron chi connectivity index (χ3n) is 5.49. The molecule has 1 saturated heterocycles. The highest BCUT2D eigenvalue weighted by molar-refractivity contribution is 7.89. The number of anilines is 1. The first-order chi connectivity index (χ1) is 14.3. The van der Waals surface area contributed by atoms with E-state index >= 15 is 0 Å². The number of rotatable bonds is 7. The molecule has 0 aliphatic carbocycles. The minimum absolute atomic E-state index is 0.116. The van der Waals surface area contributed by atoms with E-state index in [1.165, 1.54) is 0 Å². The number of benzene rings is 2. The van der Waals surface area contributed by atoms with Crippen molar-refractivity contribution >= 4 is 21.6 Å². The Labute approximate surface area is 179 Å². The van der Waals surface area contributed by atoms with Crippen LogP contribution in [0.2, 0.25) is 0 Å². The molecule has 1 aliphatic heterocycles. The average Bonchev–Trinajstić information content (AvgIpc) is 2.75. The average molecular weight is 431 g/mol. The summed E-state index contributed by atoms with van der Waals surface area (Å²) in [5.74, 6) is 0.474. The lowest BCUT2D eigenvalue weighted by atomic mass is 10.1. The second kappa shape index (κ2) is 9.62. The highest BCUT2D eigenvalue weighted by Crippen LogP contribution is 2.27. The fourth-order valence-corrected chi connectivity index (χ4v) is 5.26. The first kappa shape index (κ1) is 22.3. The first-order valence-corrected chi connectivity index (χ1v) is 11.8. The summed E-state index contributed by atoms with van der Waals surface area (Å²) >= 11 is 0. The van der Waals surface area contributed by atoms with Gasteiger partial charge in [0.2, 0.25) is 15.9 Å². The summed E-state index contributed by atoms with van der Waals surface area (Å²) in [6, 6.07) is 10.8. The van der Waals surface area contributed by atoms with Crippen molar-refractivity contribution in [2.45, 2.75) is 50.8 Å². The fraction of sp³-hybridized carbons (Fsp3) is 0.435. The highest BCUT2D eigenvalue weighted by atomic mass is 32.2. The van der Waals surface area contributed by atoms with Crippen LogP contribution in [0.15, 0.2) is 41.3 Å². The summed E-state index contributed by atoms with van der Waals surface area (Å²) in [6.45, 7) is 5.05. The van der Waals surface area contributed by atoms with Crippen LogP contribution in [0.3, 0.4) is 0 Å². The molecular weight excluding hydrogens is 400 g/mol. The van der Waals surface area contributed by atoms with Gasteiger partial charge in [0.1, 0.15) is 5.75 Å². The molecule has 1 heterocycles. The van der Waals surface area contributed by atoms with Gasteiger partial charge in [0.05, 0.1) is 12.0 Å². The van der Waals surface area contributed by atoms with Crippen molar-refractivity contribution in [3.8, 4) is 5.75 Å². The molecule has 0 atom stereocenters. The normalized spacial score (nSPS) is 15.0. The second-order valence-electron chi connectivity index (χ2n) is 7.80. The van der Waals surface area contributed by atoms with Crippen LogP contribution in [0.1, 0.15) is 42.4 Å². The number of carbonyl (C=O) groups is 1. The van der Waals surface area contributed by atoms with Crippen LogP contribution >= 0.6 is 0 Å². The predicted octanol–water partition coefficient (Wildman–Crippen LogP) is 4.06. The molecule has 0 radical (unpaired) electrons. The van der Waals surface area contributed by atoms with Crippen LogP contribution in [-0.2, 0) is 21.2 Å². The number of piperidine rings is 1. The molecule has 30 heavy (non-hydrogen) atoms. The highest BCUT2D eigenvalue weighted by Gasteiger charge is 2.26. The zero-order valence-electron chi connectivity index (χ0n) is 17.9. The van der Waals surface area contributed by atoms with Gasteiger partial charge in [-0.3, -0.25) is 4.79 Å². The van der Waals surface area contributed by atoms with Gasteiger partial charge in [-0.1, -0.05) is 18.6 Å². The molecule has 0 bridgehead atoms. The summed E-state index contributed by atoms with van der Waals surface area (Å²) in [5.41, 5.74) is 3.59. The molecule has 3 rings (SSSR count). The molecular formula is C23H30N2O4S. The van der Waals surface area contributed by atoms with Gasteiger partial charge in [0, 0.05) is 25.2 Å². The minimum Gasteiger partial charge on any atom is -0.496 e. The number of carbonyl (C=O) groups excluding carboxylic acids is 1. The van der Waals surface area contributed by atoms with E-state index < -0.39 is 10.0 Å². The van der Waals surface area contributed by atoms with E-state index in [4.69, 9.17) is 4.74 Å². The Morgan fingerprint density at radius 3 is 2.50 bits per heavy atom. The van der Waals surface area contributed by atoms with E-state index in [1.54, 1.807) is 29.6 Å². The van der Waals surface area contributed by atoms with Gasteiger partial charge in [-0.25, -0.2) is 8.42 Å². The van der Waals surface area contributed by atoms with Crippen LogP contribution in [0, 0.1) is 13.8 Å².